The van der Waals surface area contributed by atoms with Crippen molar-refractivity contribution in [2.75, 3.05) is 0 Å². The number of rotatable bonds is 4. The molecule has 0 fully saturated rings. The Bertz CT molecular complexity index is 348. The number of ether oxygens (including phenoxy) is 1. The summed E-state index contributed by atoms with van der Waals surface area (Å²) in [6.07, 6.45) is -1.19. The summed E-state index contributed by atoms with van der Waals surface area (Å²) in [7, 11) is 0. The van der Waals surface area contributed by atoms with Gasteiger partial charge in [0.15, 0.2) is 6.29 Å². The van der Waals surface area contributed by atoms with E-state index in [2.05, 4.69) is 0 Å². The second-order valence-electron chi connectivity index (χ2n) is 3.52. The van der Waals surface area contributed by atoms with Crippen LogP contribution in [0.2, 0.25) is 0 Å². The number of aliphatic hydroxyl groups excluding tert-OH is 1. The van der Waals surface area contributed by atoms with Crippen molar-refractivity contribution < 1.29 is 19.7 Å². The molecule has 0 saturated heterocycles. The van der Waals surface area contributed by atoms with Crippen molar-refractivity contribution in [2.24, 2.45) is 5.73 Å². The van der Waals surface area contributed by atoms with Crippen molar-refractivity contribution in [3.8, 4) is 5.75 Å². The molecule has 1 rings (SSSR count). The molecule has 1 atom stereocenters. The second-order valence-corrected chi connectivity index (χ2v) is 3.52. The summed E-state index contributed by atoms with van der Waals surface area (Å²) in [4.78, 5) is 10.7. The van der Waals surface area contributed by atoms with Crippen LogP contribution in [0.1, 0.15) is 12.5 Å². The van der Waals surface area contributed by atoms with Crippen molar-refractivity contribution >= 4 is 5.97 Å². The molecule has 1 aromatic carbocycles. The summed E-state index contributed by atoms with van der Waals surface area (Å²) >= 11 is 0. The highest BCUT2D eigenvalue weighted by molar-refractivity contribution is 5.69. The molecule has 16 heavy (non-hydrogen) atoms. The van der Waals surface area contributed by atoms with E-state index in [1.54, 1.807) is 24.3 Å². The molecular formula is C11H15NO4. The molecule has 0 aliphatic carbocycles. The highest BCUT2D eigenvalue weighted by atomic mass is 16.5. The number of hydrogen-bond donors (Lipinski definition) is 3. The predicted molar refractivity (Wildman–Crippen MR) is 57.7 cm³/mol. The van der Waals surface area contributed by atoms with Crippen molar-refractivity contribution in [3.63, 3.8) is 0 Å². The van der Waals surface area contributed by atoms with Gasteiger partial charge in [-0.15, -0.1) is 0 Å². The molecule has 0 aliphatic heterocycles. The molecule has 1 aromatic rings. The van der Waals surface area contributed by atoms with Crippen LogP contribution in [-0.4, -0.2) is 28.5 Å². The van der Waals surface area contributed by atoms with Crippen LogP contribution in [0.15, 0.2) is 24.3 Å². The summed E-state index contributed by atoms with van der Waals surface area (Å²) in [5.74, 6) is 0.0737. The predicted octanol–water partition coefficient (Wildman–Crippen LogP) is -0.208. The fourth-order valence-electron chi connectivity index (χ4n) is 1.24. The number of esters is 1. The first-order valence-electron chi connectivity index (χ1n) is 4.88. The number of nitrogens with two attached hydrogens (primary N) is 1. The van der Waals surface area contributed by atoms with E-state index < -0.39 is 12.3 Å². The third kappa shape index (κ3) is 3.98. The van der Waals surface area contributed by atoms with Crippen LogP contribution in [0.3, 0.4) is 0 Å². The van der Waals surface area contributed by atoms with Gasteiger partial charge in [-0.2, -0.15) is 0 Å². The zero-order valence-corrected chi connectivity index (χ0v) is 8.96. The Morgan fingerprint density at radius 3 is 2.38 bits per heavy atom. The number of aliphatic hydroxyl groups is 2. The van der Waals surface area contributed by atoms with Crippen LogP contribution in [0, 0.1) is 0 Å². The van der Waals surface area contributed by atoms with Gasteiger partial charge >= 0.3 is 5.97 Å². The smallest absolute Gasteiger partial charge is 0.308 e. The van der Waals surface area contributed by atoms with E-state index in [-0.39, 0.29) is 5.97 Å². The van der Waals surface area contributed by atoms with Crippen LogP contribution < -0.4 is 10.5 Å². The zero-order chi connectivity index (χ0) is 12.1. The standard InChI is InChI=1S/C11H15NO4/c1-7(13)16-9-4-2-8(3-5-9)6-10(12)11(14)15/h2-5,10-11,14-15H,6,12H2,1H3. The topological polar surface area (TPSA) is 92.8 Å². The highest BCUT2D eigenvalue weighted by Gasteiger charge is 2.11. The second kappa shape index (κ2) is 5.60. The summed E-state index contributed by atoms with van der Waals surface area (Å²) in [6, 6.07) is 5.99. The van der Waals surface area contributed by atoms with Gasteiger partial charge < -0.3 is 20.7 Å². The minimum Gasteiger partial charge on any atom is -0.427 e. The maximum absolute atomic E-state index is 10.7. The first-order valence-corrected chi connectivity index (χ1v) is 4.88. The third-order valence-electron chi connectivity index (χ3n) is 2.04. The van der Waals surface area contributed by atoms with E-state index in [9.17, 15) is 4.79 Å². The minimum absolute atomic E-state index is 0.345. The molecule has 0 bridgehead atoms. The fraction of sp³-hybridized carbons (Fsp3) is 0.364. The molecule has 1 unspecified atom stereocenters. The molecule has 0 spiro atoms. The number of carbonyl (C=O) groups is 1. The molecule has 0 heterocycles. The van der Waals surface area contributed by atoms with E-state index in [4.69, 9.17) is 20.7 Å². The molecule has 5 heteroatoms. The molecule has 4 N–H and O–H groups in total. The van der Waals surface area contributed by atoms with Gasteiger partial charge in [0.1, 0.15) is 5.75 Å². The lowest BCUT2D eigenvalue weighted by Crippen LogP contribution is -2.36. The number of benzene rings is 1. The Hall–Kier alpha value is -1.43. The molecule has 0 aromatic heterocycles. The highest BCUT2D eigenvalue weighted by Crippen LogP contribution is 2.13. The van der Waals surface area contributed by atoms with Gasteiger partial charge in [-0.25, -0.2) is 0 Å². The summed E-state index contributed by atoms with van der Waals surface area (Å²) in [6.45, 7) is 1.33. The van der Waals surface area contributed by atoms with Crippen LogP contribution in [0.4, 0.5) is 0 Å². The Kier molecular flexibility index (Phi) is 4.42. The van der Waals surface area contributed by atoms with Gasteiger partial charge in [0.05, 0.1) is 6.04 Å². The van der Waals surface area contributed by atoms with E-state index in [1.807, 2.05) is 0 Å². The summed E-state index contributed by atoms with van der Waals surface area (Å²) < 4.78 is 4.85. The van der Waals surface area contributed by atoms with E-state index in [0.717, 1.165) is 5.56 Å². The molecule has 88 valence electrons. The Morgan fingerprint density at radius 2 is 1.94 bits per heavy atom. The van der Waals surface area contributed by atoms with Crippen molar-refractivity contribution in [3.05, 3.63) is 29.8 Å². The van der Waals surface area contributed by atoms with Crippen LogP contribution in [-0.2, 0) is 11.2 Å². The van der Waals surface area contributed by atoms with Crippen LogP contribution in [0.25, 0.3) is 0 Å². The number of hydrogen-bond acceptors (Lipinski definition) is 5. The molecule has 0 radical (unpaired) electrons. The fourth-order valence-corrected chi connectivity index (χ4v) is 1.24. The minimum atomic E-state index is -1.53. The van der Waals surface area contributed by atoms with Gasteiger partial charge in [-0.05, 0) is 24.1 Å². The van der Waals surface area contributed by atoms with Gasteiger partial charge in [-0.3, -0.25) is 4.79 Å². The summed E-state index contributed by atoms with van der Waals surface area (Å²) in [5.41, 5.74) is 6.33. The van der Waals surface area contributed by atoms with Crippen molar-refractivity contribution in [1.29, 1.82) is 0 Å². The average Bonchev–Trinajstić information content (AvgIpc) is 2.20. The lowest BCUT2D eigenvalue weighted by molar-refractivity contribution is -0.131. The Labute approximate surface area is 93.5 Å². The quantitative estimate of drug-likeness (QED) is 0.374. The van der Waals surface area contributed by atoms with E-state index in [1.165, 1.54) is 6.92 Å². The molecule has 0 aliphatic rings. The molecular weight excluding hydrogens is 210 g/mol. The zero-order valence-electron chi connectivity index (χ0n) is 8.96. The lowest BCUT2D eigenvalue weighted by Gasteiger charge is -2.13. The maximum Gasteiger partial charge on any atom is 0.308 e. The Balaban J connectivity index is 2.61. The van der Waals surface area contributed by atoms with Gasteiger partial charge in [-0.1, -0.05) is 12.1 Å². The van der Waals surface area contributed by atoms with Crippen molar-refractivity contribution in [1.82, 2.24) is 0 Å². The van der Waals surface area contributed by atoms with Gasteiger partial charge in [0.25, 0.3) is 0 Å². The molecule has 0 amide bonds. The van der Waals surface area contributed by atoms with E-state index in [0.29, 0.717) is 12.2 Å². The van der Waals surface area contributed by atoms with Crippen LogP contribution in [0.5, 0.6) is 5.75 Å². The number of carbonyl (C=O) groups excluding carboxylic acids is 1. The SMILES string of the molecule is CC(=O)Oc1ccc(CC(N)C(O)O)cc1. The summed E-state index contributed by atoms with van der Waals surface area (Å²) in [5, 5.41) is 17.6. The normalized spacial score (nSPS) is 12.6. The lowest BCUT2D eigenvalue weighted by atomic mass is 10.1. The van der Waals surface area contributed by atoms with Crippen molar-refractivity contribution in [2.45, 2.75) is 25.7 Å². The first kappa shape index (κ1) is 12.6. The monoisotopic (exact) mass is 225 g/mol. The van der Waals surface area contributed by atoms with Gasteiger partial charge in [0, 0.05) is 6.92 Å². The maximum atomic E-state index is 10.7. The van der Waals surface area contributed by atoms with E-state index >= 15 is 0 Å². The molecule has 5 nitrogen and oxygen atoms in total. The largest absolute Gasteiger partial charge is 0.427 e. The third-order valence-corrected chi connectivity index (χ3v) is 2.04. The van der Waals surface area contributed by atoms with Crippen LogP contribution >= 0.6 is 0 Å². The Morgan fingerprint density at radius 1 is 1.38 bits per heavy atom. The first-order chi connectivity index (χ1) is 7.49. The molecule has 0 saturated carbocycles. The van der Waals surface area contributed by atoms with Gasteiger partial charge in [0.2, 0.25) is 0 Å². The average molecular weight is 225 g/mol.